The van der Waals surface area contributed by atoms with Crippen molar-refractivity contribution in [3.63, 3.8) is 0 Å². The zero-order valence-electron chi connectivity index (χ0n) is 19.6. The third-order valence-corrected chi connectivity index (χ3v) is 5.85. The maximum atomic E-state index is 13.9. The van der Waals surface area contributed by atoms with Crippen LogP contribution < -0.4 is 21.5 Å². The van der Waals surface area contributed by atoms with Crippen molar-refractivity contribution in [3.05, 3.63) is 52.1 Å². The van der Waals surface area contributed by atoms with Gasteiger partial charge in [0.05, 0.1) is 16.8 Å². The quantitative estimate of drug-likeness (QED) is 0.205. The molecule has 34 heavy (non-hydrogen) atoms. The van der Waals surface area contributed by atoms with Gasteiger partial charge in [0.2, 0.25) is 0 Å². The number of rotatable bonds is 7. The van der Waals surface area contributed by atoms with Gasteiger partial charge in [0.15, 0.2) is 0 Å². The molecule has 9 nitrogen and oxygen atoms in total. The number of benzene rings is 1. The van der Waals surface area contributed by atoms with Crippen LogP contribution in [-0.4, -0.2) is 53.9 Å². The molecule has 0 aliphatic carbocycles. The van der Waals surface area contributed by atoms with Gasteiger partial charge in [-0.2, -0.15) is 0 Å². The molecular weight excluding hydrogens is 463 g/mol. The van der Waals surface area contributed by atoms with Gasteiger partial charge in [0.1, 0.15) is 5.82 Å². The number of aryl methyl sites for hydroxylation is 1. The predicted octanol–water partition coefficient (Wildman–Crippen LogP) is 2.73. The number of nitrogens with one attached hydrogen (secondary N) is 3. The van der Waals surface area contributed by atoms with Crippen LogP contribution in [0, 0.1) is 19.7 Å². The normalized spacial score (nSPS) is 13.8. The first-order valence-corrected chi connectivity index (χ1v) is 10.8. The molecule has 0 unspecified atom stereocenters. The van der Waals surface area contributed by atoms with Crippen molar-refractivity contribution in [2.24, 2.45) is 5.84 Å². The Bertz CT molecular complexity index is 1130. The topological polar surface area (TPSA) is 124 Å². The molecule has 0 radical (unpaired) electrons. The maximum Gasteiger partial charge on any atom is 0.343 e. The number of hydrazine groups is 1. The lowest BCUT2D eigenvalue weighted by Gasteiger charge is -2.18. The van der Waals surface area contributed by atoms with E-state index >= 15 is 0 Å². The molecule has 5 N–H and O–H groups in total. The number of anilines is 1. The summed E-state index contributed by atoms with van der Waals surface area (Å²) in [6, 6.07) is 2.87. The number of fused-ring (bicyclic) bond motifs is 1. The van der Waals surface area contributed by atoms with E-state index in [2.05, 4.69) is 29.0 Å². The number of nitrogens with two attached hydrogens (primary N) is 1. The molecule has 1 aromatic heterocycles. The molecule has 1 aliphatic heterocycles. The molecule has 184 valence electrons. The molecule has 0 atom stereocenters. The Kier molecular flexibility index (Phi) is 8.97. The summed E-state index contributed by atoms with van der Waals surface area (Å²) in [5.41, 5.74) is 4.84. The first kappa shape index (κ1) is 27.0. The van der Waals surface area contributed by atoms with E-state index in [0.717, 1.165) is 30.6 Å². The molecule has 2 heterocycles. The zero-order chi connectivity index (χ0) is 24.3. The van der Waals surface area contributed by atoms with Crippen LogP contribution in [0.5, 0.6) is 0 Å². The van der Waals surface area contributed by atoms with Gasteiger partial charge in [-0.3, -0.25) is 15.0 Å². The van der Waals surface area contributed by atoms with Gasteiger partial charge in [-0.25, -0.2) is 19.9 Å². The monoisotopic (exact) mass is 492 g/mol. The zero-order valence-corrected chi connectivity index (χ0v) is 20.4. The Morgan fingerprint density at radius 3 is 2.53 bits per heavy atom. The number of urea groups is 1. The number of halogens is 2. The van der Waals surface area contributed by atoms with E-state index in [9.17, 15) is 18.8 Å². The Labute approximate surface area is 203 Å². The van der Waals surface area contributed by atoms with Crippen molar-refractivity contribution in [1.82, 2.24) is 20.6 Å². The first-order valence-electron chi connectivity index (χ1n) is 10.8. The fraction of sp³-hybridized carbons (Fsp3) is 0.348. The van der Waals surface area contributed by atoms with Crippen LogP contribution in [0.3, 0.4) is 0 Å². The summed E-state index contributed by atoms with van der Waals surface area (Å²) in [4.78, 5) is 44.2. The standard InChI is InChI=1S/C23H29FN6O3.ClH/c1-5-29(6-2)10-9-26-21(31)20-13(3)18(27-14(20)4)12-17-16-11-15(24)7-8-19(16)30(22(17)32)23(33)28-25;/h7-8,11-12,27H,5-6,9-10,25H2,1-4H3,(H,26,31)(H,28,33);1H/b17-12-;. The molecule has 2 aromatic rings. The molecule has 4 amide bonds. The van der Waals surface area contributed by atoms with Crippen molar-refractivity contribution in [1.29, 1.82) is 0 Å². The SMILES string of the molecule is CCN(CC)CCNC(=O)c1c(C)[nH]c(/C=C2\C(=O)N(C(=O)NN)c3ccc(F)cc32)c1C.Cl. The van der Waals surface area contributed by atoms with Crippen LogP contribution in [0.25, 0.3) is 11.6 Å². The van der Waals surface area contributed by atoms with Crippen LogP contribution in [0.15, 0.2) is 18.2 Å². The second-order valence-corrected chi connectivity index (χ2v) is 7.76. The average Bonchev–Trinajstić information content (AvgIpc) is 3.22. The highest BCUT2D eigenvalue weighted by Gasteiger charge is 2.37. The smallest absolute Gasteiger partial charge is 0.343 e. The molecule has 1 aromatic carbocycles. The molecule has 0 saturated heterocycles. The fourth-order valence-electron chi connectivity index (χ4n) is 4.03. The van der Waals surface area contributed by atoms with E-state index in [-0.39, 0.29) is 35.1 Å². The average molecular weight is 493 g/mol. The largest absolute Gasteiger partial charge is 0.358 e. The highest BCUT2D eigenvalue weighted by atomic mass is 35.5. The Morgan fingerprint density at radius 1 is 1.24 bits per heavy atom. The molecule has 11 heteroatoms. The van der Waals surface area contributed by atoms with Gasteiger partial charge in [-0.1, -0.05) is 13.8 Å². The number of hydrogen-bond donors (Lipinski definition) is 4. The maximum absolute atomic E-state index is 13.9. The minimum absolute atomic E-state index is 0. The highest BCUT2D eigenvalue weighted by Crippen LogP contribution is 2.38. The van der Waals surface area contributed by atoms with E-state index in [0.29, 0.717) is 29.1 Å². The lowest BCUT2D eigenvalue weighted by atomic mass is 10.0. The number of imide groups is 1. The minimum atomic E-state index is -0.830. The molecule has 3 rings (SSSR count). The van der Waals surface area contributed by atoms with Crippen LogP contribution in [0.2, 0.25) is 0 Å². The summed E-state index contributed by atoms with van der Waals surface area (Å²) in [6.45, 7) is 10.7. The summed E-state index contributed by atoms with van der Waals surface area (Å²) in [5.74, 6) is 3.81. The van der Waals surface area contributed by atoms with Gasteiger partial charge >= 0.3 is 6.03 Å². The minimum Gasteiger partial charge on any atom is -0.358 e. The molecule has 0 fully saturated rings. The molecule has 1 aliphatic rings. The third-order valence-electron chi connectivity index (χ3n) is 5.85. The van der Waals surface area contributed by atoms with E-state index in [1.165, 1.54) is 18.2 Å². The first-order chi connectivity index (χ1) is 15.7. The van der Waals surface area contributed by atoms with Gasteiger partial charge in [-0.15, -0.1) is 12.4 Å². The van der Waals surface area contributed by atoms with E-state index < -0.39 is 17.8 Å². The van der Waals surface area contributed by atoms with Gasteiger partial charge in [0.25, 0.3) is 11.8 Å². The Balaban J connectivity index is 0.00000408. The van der Waals surface area contributed by atoms with Gasteiger partial charge in [-0.05, 0) is 56.8 Å². The lowest BCUT2D eigenvalue weighted by Crippen LogP contribution is -2.44. The number of aromatic amines is 1. The van der Waals surface area contributed by atoms with Crippen molar-refractivity contribution in [2.75, 3.05) is 31.1 Å². The molecule has 0 bridgehead atoms. The number of aromatic nitrogens is 1. The van der Waals surface area contributed by atoms with E-state index in [1.54, 1.807) is 13.8 Å². The summed E-state index contributed by atoms with van der Waals surface area (Å²) >= 11 is 0. The predicted molar refractivity (Wildman–Crippen MR) is 132 cm³/mol. The number of carbonyl (C=O) groups excluding carboxylic acids is 3. The Morgan fingerprint density at radius 2 is 1.91 bits per heavy atom. The second kappa shape index (κ2) is 11.3. The number of carbonyl (C=O) groups is 3. The van der Waals surface area contributed by atoms with Crippen molar-refractivity contribution >= 4 is 47.6 Å². The number of amides is 4. The number of hydrogen-bond acceptors (Lipinski definition) is 5. The van der Waals surface area contributed by atoms with E-state index in [4.69, 9.17) is 5.84 Å². The second-order valence-electron chi connectivity index (χ2n) is 7.76. The number of H-pyrrole nitrogens is 1. The summed E-state index contributed by atoms with van der Waals surface area (Å²) in [5, 5.41) is 2.94. The van der Waals surface area contributed by atoms with Gasteiger partial charge < -0.3 is 15.2 Å². The number of nitrogens with zero attached hydrogens (tertiary/aromatic N) is 2. The molecular formula is C23H30ClFN6O3. The van der Waals surface area contributed by atoms with Crippen molar-refractivity contribution in [2.45, 2.75) is 27.7 Å². The fourth-order valence-corrected chi connectivity index (χ4v) is 4.03. The summed E-state index contributed by atoms with van der Waals surface area (Å²) in [6.07, 6.45) is 1.53. The van der Waals surface area contributed by atoms with Crippen molar-refractivity contribution < 1.29 is 18.8 Å². The van der Waals surface area contributed by atoms with E-state index in [1.807, 2.05) is 5.43 Å². The van der Waals surface area contributed by atoms with Gasteiger partial charge in [0, 0.05) is 30.0 Å². The van der Waals surface area contributed by atoms with Crippen molar-refractivity contribution in [3.8, 4) is 0 Å². The number of likely N-dealkylation sites (N-methyl/N-ethyl adjacent to an activating group) is 1. The summed E-state index contributed by atoms with van der Waals surface area (Å²) in [7, 11) is 0. The lowest BCUT2D eigenvalue weighted by molar-refractivity contribution is -0.112. The van der Waals surface area contributed by atoms with Crippen LogP contribution >= 0.6 is 12.4 Å². The van der Waals surface area contributed by atoms with Crippen LogP contribution in [-0.2, 0) is 4.79 Å². The van der Waals surface area contributed by atoms with Crippen LogP contribution in [0.4, 0.5) is 14.9 Å². The summed E-state index contributed by atoms with van der Waals surface area (Å²) < 4.78 is 13.9. The molecule has 0 spiro atoms. The Hall–Kier alpha value is -3.21. The molecule has 0 saturated carbocycles. The van der Waals surface area contributed by atoms with Crippen LogP contribution in [0.1, 0.15) is 46.7 Å². The highest BCUT2D eigenvalue weighted by molar-refractivity contribution is 6.42. The third kappa shape index (κ3) is 5.14.